The van der Waals surface area contributed by atoms with Crippen LogP contribution in [0.25, 0.3) is 0 Å². The van der Waals surface area contributed by atoms with Crippen LogP contribution < -0.4 is 0 Å². The Morgan fingerprint density at radius 2 is 1.90 bits per heavy atom. The molecule has 1 amide bonds. The van der Waals surface area contributed by atoms with E-state index in [0.29, 0.717) is 6.42 Å². The van der Waals surface area contributed by atoms with Gasteiger partial charge in [0.05, 0.1) is 5.54 Å². The molecule has 0 aliphatic rings. The minimum absolute atomic E-state index is 0.243. The van der Waals surface area contributed by atoms with Gasteiger partial charge in [0.1, 0.15) is 0 Å². The molecule has 0 aromatic rings. The normalized spacial score (nSPS) is 11.3. The summed E-state index contributed by atoms with van der Waals surface area (Å²) in [6.45, 7) is 7.05. The first-order valence-electron chi connectivity index (χ1n) is 3.41. The number of amides is 1. The molecule has 0 saturated carbocycles. The van der Waals surface area contributed by atoms with Crippen molar-refractivity contribution in [2.24, 2.45) is 0 Å². The first-order valence-corrected chi connectivity index (χ1v) is 3.41. The maximum absolute atomic E-state index is 10.8. The lowest BCUT2D eigenvalue weighted by Crippen LogP contribution is -2.42. The van der Waals surface area contributed by atoms with Crippen LogP contribution in [0.2, 0.25) is 0 Å². The lowest BCUT2D eigenvalue weighted by atomic mass is 10.1. The Kier molecular flexibility index (Phi) is 2.84. The Morgan fingerprint density at radius 1 is 1.50 bits per heavy atom. The molecule has 0 rings (SSSR count). The van der Waals surface area contributed by atoms with Gasteiger partial charge in [-0.25, -0.2) is 5.06 Å². The van der Waals surface area contributed by atoms with Gasteiger partial charge in [-0.2, -0.15) is 0 Å². The fourth-order valence-corrected chi connectivity index (χ4v) is 0.524. The maximum atomic E-state index is 10.8. The molecule has 0 aromatic heterocycles. The van der Waals surface area contributed by atoms with Gasteiger partial charge in [-0.3, -0.25) is 10.0 Å². The molecule has 0 heterocycles. The van der Waals surface area contributed by atoms with Crippen LogP contribution in [0.1, 0.15) is 34.1 Å². The molecule has 1 N–H and O–H groups in total. The van der Waals surface area contributed by atoms with E-state index in [1.54, 1.807) is 27.7 Å². The highest BCUT2D eigenvalue weighted by Crippen LogP contribution is 2.10. The largest absolute Gasteiger partial charge is 0.285 e. The summed E-state index contributed by atoms with van der Waals surface area (Å²) < 4.78 is 0. The number of nitrogens with zero attached hydrogens (tertiary/aromatic N) is 1. The van der Waals surface area contributed by atoms with Crippen LogP contribution in [0.3, 0.4) is 0 Å². The molecule has 0 atom stereocenters. The van der Waals surface area contributed by atoms with Crippen LogP contribution in [0.5, 0.6) is 0 Å². The summed E-state index contributed by atoms with van der Waals surface area (Å²) in [5, 5.41) is 9.91. The number of rotatable bonds is 1. The molecular weight excluding hydrogens is 130 g/mol. The van der Waals surface area contributed by atoms with Gasteiger partial charge in [0.25, 0.3) is 0 Å². The van der Waals surface area contributed by atoms with Crippen LogP contribution >= 0.6 is 0 Å². The zero-order chi connectivity index (χ0) is 8.36. The number of hydrogen-bond acceptors (Lipinski definition) is 2. The van der Waals surface area contributed by atoms with Gasteiger partial charge in [0.2, 0.25) is 5.91 Å². The first kappa shape index (κ1) is 9.43. The van der Waals surface area contributed by atoms with Gasteiger partial charge < -0.3 is 0 Å². The van der Waals surface area contributed by atoms with E-state index in [2.05, 4.69) is 0 Å². The first-order chi connectivity index (χ1) is 4.39. The molecule has 0 fully saturated rings. The average molecular weight is 145 g/mol. The summed E-state index contributed by atoms with van der Waals surface area (Å²) >= 11 is 0. The van der Waals surface area contributed by atoms with Crippen LogP contribution in [0, 0.1) is 0 Å². The fourth-order valence-electron chi connectivity index (χ4n) is 0.524. The van der Waals surface area contributed by atoms with Crippen molar-refractivity contribution in [2.45, 2.75) is 39.7 Å². The van der Waals surface area contributed by atoms with Crippen molar-refractivity contribution in [1.82, 2.24) is 5.06 Å². The number of hydrogen-bond donors (Lipinski definition) is 1. The molecular formula is C7H15NO2. The molecule has 0 aromatic carbocycles. The van der Waals surface area contributed by atoms with Gasteiger partial charge in [-0.15, -0.1) is 0 Å². The third-order valence-corrected chi connectivity index (χ3v) is 1.17. The number of hydroxylamine groups is 2. The van der Waals surface area contributed by atoms with E-state index in [-0.39, 0.29) is 5.91 Å². The zero-order valence-corrected chi connectivity index (χ0v) is 7.01. The minimum atomic E-state index is -0.479. The van der Waals surface area contributed by atoms with Crippen molar-refractivity contribution in [3.8, 4) is 0 Å². The predicted octanol–water partition coefficient (Wildman–Crippen LogP) is 1.41. The molecule has 0 spiro atoms. The van der Waals surface area contributed by atoms with Crippen molar-refractivity contribution in [2.75, 3.05) is 0 Å². The zero-order valence-electron chi connectivity index (χ0n) is 7.01. The average Bonchev–Trinajstić information content (AvgIpc) is 1.83. The summed E-state index contributed by atoms with van der Waals surface area (Å²) in [5.41, 5.74) is -0.479. The molecule has 0 aliphatic carbocycles. The third-order valence-electron chi connectivity index (χ3n) is 1.17. The molecule has 0 unspecified atom stereocenters. The second-order valence-corrected chi connectivity index (χ2v) is 3.23. The SMILES string of the molecule is CCC(=O)N(O)C(C)(C)C. The summed E-state index contributed by atoms with van der Waals surface area (Å²) in [6.07, 6.45) is 0.341. The van der Waals surface area contributed by atoms with Gasteiger partial charge in [-0.1, -0.05) is 6.92 Å². The van der Waals surface area contributed by atoms with Gasteiger partial charge in [0, 0.05) is 6.42 Å². The van der Waals surface area contributed by atoms with Crippen LogP contribution in [-0.4, -0.2) is 21.7 Å². The highest BCUT2D eigenvalue weighted by Gasteiger charge is 2.22. The topological polar surface area (TPSA) is 40.5 Å². The van der Waals surface area contributed by atoms with Crippen LogP contribution in [0.4, 0.5) is 0 Å². The van der Waals surface area contributed by atoms with Crippen molar-refractivity contribution >= 4 is 5.91 Å². The standard InChI is InChI=1S/C7H15NO2/c1-5-6(9)8(10)7(2,3)4/h10H,5H2,1-4H3. The van der Waals surface area contributed by atoms with Crippen molar-refractivity contribution in [1.29, 1.82) is 0 Å². The minimum Gasteiger partial charge on any atom is -0.285 e. The highest BCUT2D eigenvalue weighted by atomic mass is 16.5. The molecule has 3 nitrogen and oxygen atoms in total. The molecule has 60 valence electrons. The van der Waals surface area contributed by atoms with Crippen molar-refractivity contribution < 1.29 is 10.0 Å². The molecule has 0 saturated heterocycles. The predicted molar refractivity (Wildman–Crippen MR) is 38.7 cm³/mol. The van der Waals surface area contributed by atoms with Gasteiger partial charge in [0.15, 0.2) is 0 Å². The van der Waals surface area contributed by atoms with E-state index in [1.165, 1.54) is 0 Å². The van der Waals surface area contributed by atoms with Crippen LogP contribution in [-0.2, 0) is 4.79 Å². The molecule has 0 aliphatic heterocycles. The van der Waals surface area contributed by atoms with E-state index in [4.69, 9.17) is 5.21 Å². The Bertz CT molecular complexity index is 126. The quantitative estimate of drug-likeness (QED) is 0.447. The number of carbonyl (C=O) groups excluding carboxylic acids is 1. The third kappa shape index (κ3) is 2.35. The lowest BCUT2D eigenvalue weighted by Gasteiger charge is -2.28. The van der Waals surface area contributed by atoms with E-state index in [1.807, 2.05) is 0 Å². The fraction of sp³-hybridized carbons (Fsp3) is 0.857. The Labute approximate surface area is 61.6 Å². The maximum Gasteiger partial charge on any atom is 0.246 e. The molecule has 0 radical (unpaired) electrons. The van der Waals surface area contributed by atoms with Crippen molar-refractivity contribution in [3.63, 3.8) is 0 Å². The Hall–Kier alpha value is -0.570. The summed E-state index contributed by atoms with van der Waals surface area (Å²) in [6, 6.07) is 0. The van der Waals surface area contributed by atoms with E-state index in [9.17, 15) is 4.79 Å². The van der Waals surface area contributed by atoms with E-state index >= 15 is 0 Å². The second-order valence-electron chi connectivity index (χ2n) is 3.23. The van der Waals surface area contributed by atoms with Crippen LogP contribution in [0.15, 0.2) is 0 Å². The Morgan fingerprint density at radius 3 is 2.00 bits per heavy atom. The number of carbonyl (C=O) groups is 1. The summed E-state index contributed by atoms with van der Waals surface area (Å²) in [7, 11) is 0. The van der Waals surface area contributed by atoms with Gasteiger partial charge >= 0.3 is 0 Å². The van der Waals surface area contributed by atoms with E-state index < -0.39 is 5.54 Å². The Balaban J connectivity index is 4.08. The smallest absolute Gasteiger partial charge is 0.246 e. The second kappa shape index (κ2) is 3.01. The van der Waals surface area contributed by atoms with Gasteiger partial charge in [-0.05, 0) is 20.8 Å². The highest BCUT2D eigenvalue weighted by molar-refractivity contribution is 5.75. The summed E-state index contributed by atoms with van der Waals surface area (Å²) in [4.78, 5) is 10.8. The monoisotopic (exact) mass is 145 g/mol. The van der Waals surface area contributed by atoms with Crippen molar-refractivity contribution in [3.05, 3.63) is 0 Å². The molecule has 10 heavy (non-hydrogen) atoms. The summed E-state index contributed by atoms with van der Waals surface area (Å²) in [5.74, 6) is -0.243. The van der Waals surface area contributed by atoms with E-state index in [0.717, 1.165) is 5.06 Å². The molecule has 0 bridgehead atoms. The lowest BCUT2D eigenvalue weighted by molar-refractivity contribution is -0.186. The molecule has 3 heteroatoms.